The molecule has 0 saturated carbocycles. The maximum absolute atomic E-state index is 11.5. The van der Waals surface area contributed by atoms with Crippen molar-refractivity contribution in [3.05, 3.63) is 70.5 Å². The van der Waals surface area contributed by atoms with Gasteiger partial charge in [0.05, 0.1) is 0 Å². The molecule has 3 rings (SSSR count). The molecule has 0 saturated heterocycles. The molecule has 0 atom stereocenters. The van der Waals surface area contributed by atoms with Crippen molar-refractivity contribution in [2.24, 2.45) is 0 Å². The topological polar surface area (TPSA) is 74.8 Å². The second kappa shape index (κ2) is 7.04. The Hall–Kier alpha value is -3.02. The summed E-state index contributed by atoms with van der Waals surface area (Å²) < 4.78 is 0. The molecule has 6 nitrogen and oxygen atoms in total. The van der Waals surface area contributed by atoms with Gasteiger partial charge in [0.15, 0.2) is 0 Å². The van der Waals surface area contributed by atoms with Crippen LogP contribution in [0.4, 0.5) is 5.82 Å². The average molecular weight is 321 g/mol. The van der Waals surface area contributed by atoms with E-state index in [0.29, 0.717) is 11.5 Å². The number of rotatable bonds is 5. The summed E-state index contributed by atoms with van der Waals surface area (Å²) in [7, 11) is 2.00. The minimum absolute atomic E-state index is 0.158. The molecule has 1 N–H and O–H groups in total. The highest BCUT2D eigenvalue weighted by Crippen LogP contribution is 2.16. The van der Waals surface area contributed by atoms with Gasteiger partial charge in [-0.1, -0.05) is 6.07 Å². The largest absolute Gasteiger partial charge is 0.359 e. The Kier molecular flexibility index (Phi) is 4.65. The molecule has 0 radical (unpaired) electrons. The molecule has 0 fully saturated rings. The van der Waals surface area contributed by atoms with Gasteiger partial charge < -0.3 is 9.88 Å². The fraction of sp³-hybridized carbons (Fsp3) is 0.222. The van der Waals surface area contributed by atoms with Gasteiger partial charge >= 0.3 is 0 Å². The van der Waals surface area contributed by atoms with Crippen LogP contribution in [-0.4, -0.2) is 33.5 Å². The van der Waals surface area contributed by atoms with Gasteiger partial charge in [0.25, 0.3) is 5.56 Å². The number of pyridine rings is 2. The van der Waals surface area contributed by atoms with Gasteiger partial charge in [-0.2, -0.15) is 0 Å². The van der Waals surface area contributed by atoms with Crippen molar-refractivity contribution in [2.45, 2.75) is 13.3 Å². The summed E-state index contributed by atoms with van der Waals surface area (Å²) in [4.78, 5) is 29.5. The molecule has 0 spiro atoms. The Morgan fingerprint density at radius 1 is 1.17 bits per heavy atom. The summed E-state index contributed by atoms with van der Waals surface area (Å²) >= 11 is 0. The van der Waals surface area contributed by atoms with Crippen LogP contribution in [0.25, 0.3) is 11.4 Å². The van der Waals surface area contributed by atoms with E-state index in [0.717, 1.165) is 30.0 Å². The van der Waals surface area contributed by atoms with E-state index >= 15 is 0 Å². The zero-order valence-electron chi connectivity index (χ0n) is 13.7. The lowest BCUT2D eigenvalue weighted by atomic mass is 10.2. The molecule has 0 amide bonds. The highest BCUT2D eigenvalue weighted by molar-refractivity contribution is 5.56. The van der Waals surface area contributed by atoms with Gasteiger partial charge in [-0.25, -0.2) is 9.97 Å². The predicted octanol–water partition coefficient (Wildman–Crippen LogP) is 2.21. The number of nitrogens with one attached hydrogen (secondary N) is 1. The monoisotopic (exact) mass is 321 g/mol. The number of hydrogen-bond donors (Lipinski definition) is 1. The summed E-state index contributed by atoms with van der Waals surface area (Å²) in [5, 5.41) is 0. The zero-order valence-corrected chi connectivity index (χ0v) is 13.7. The number of H-pyrrole nitrogens is 1. The normalized spacial score (nSPS) is 10.6. The highest BCUT2D eigenvalue weighted by Gasteiger charge is 2.06. The van der Waals surface area contributed by atoms with Crippen LogP contribution in [-0.2, 0) is 6.42 Å². The number of aromatic nitrogens is 4. The van der Waals surface area contributed by atoms with Gasteiger partial charge in [0, 0.05) is 55.4 Å². The molecule has 0 aliphatic rings. The average Bonchev–Trinajstić information content (AvgIpc) is 2.60. The van der Waals surface area contributed by atoms with Crippen LogP contribution in [0, 0.1) is 6.92 Å². The first-order chi connectivity index (χ1) is 11.6. The summed E-state index contributed by atoms with van der Waals surface area (Å²) in [6.07, 6.45) is 4.38. The maximum atomic E-state index is 11.5. The van der Waals surface area contributed by atoms with Gasteiger partial charge in [-0.3, -0.25) is 9.78 Å². The van der Waals surface area contributed by atoms with Crippen molar-refractivity contribution >= 4 is 5.82 Å². The third-order valence-electron chi connectivity index (χ3n) is 3.71. The van der Waals surface area contributed by atoms with Crippen LogP contribution < -0.4 is 10.5 Å². The summed E-state index contributed by atoms with van der Waals surface area (Å²) in [5.74, 6) is 1.40. The number of anilines is 1. The Balaban J connectivity index is 1.70. The lowest BCUT2D eigenvalue weighted by molar-refractivity contribution is 0.839. The number of aryl methyl sites for hydroxylation is 1. The fourth-order valence-electron chi connectivity index (χ4n) is 2.41. The quantitative estimate of drug-likeness (QED) is 0.780. The Morgan fingerprint density at radius 2 is 2.04 bits per heavy atom. The number of aromatic amines is 1. The molecule has 0 aliphatic carbocycles. The van der Waals surface area contributed by atoms with E-state index in [2.05, 4.69) is 24.8 Å². The first-order valence-electron chi connectivity index (χ1n) is 7.77. The molecule has 24 heavy (non-hydrogen) atoms. The van der Waals surface area contributed by atoms with Gasteiger partial charge in [-0.15, -0.1) is 0 Å². The Bertz CT molecular complexity index is 859. The first kappa shape index (κ1) is 15.9. The van der Waals surface area contributed by atoms with E-state index in [1.807, 2.05) is 37.4 Å². The van der Waals surface area contributed by atoms with Gasteiger partial charge in [0.1, 0.15) is 11.6 Å². The van der Waals surface area contributed by atoms with Crippen molar-refractivity contribution in [1.82, 2.24) is 19.9 Å². The lowest BCUT2D eigenvalue weighted by Gasteiger charge is -2.18. The molecule has 3 heterocycles. The minimum atomic E-state index is -0.158. The number of hydrogen-bond acceptors (Lipinski definition) is 5. The third-order valence-corrected chi connectivity index (χ3v) is 3.71. The molecule has 122 valence electrons. The Labute approximate surface area is 140 Å². The molecular weight excluding hydrogens is 302 g/mol. The molecule has 3 aromatic rings. The fourth-order valence-corrected chi connectivity index (χ4v) is 2.41. The predicted molar refractivity (Wildman–Crippen MR) is 94.0 cm³/mol. The molecule has 0 unspecified atom stereocenters. The van der Waals surface area contributed by atoms with E-state index in [4.69, 9.17) is 0 Å². The second-order valence-electron chi connectivity index (χ2n) is 5.63. The minimum Gasteiger partial charge on any atom is -0.359 e. The third kappa shape index (κ3) is 3.84. The van der Waals surface area contributed by atoms with Crippen molar-refractivity contribution in [2.75, 3.05) is 18.5 Å². The van der Waals surface area contributed by atoms with Crippen molar-refractivity contribution in [1.29, 1.82) is 0 Å². The van der Waals surface area contributed by atoms with Crippen LogP contribution >= 0.6 is 0 Å². The lowest BCUT2D eigenvalue weighted by Crippen LogP contribution is -2.21. The molecular formula is C18H19N5O. The number of likely N-dealkylation sites (N-methyl/N-ethyl adjacent to an activating group) is 1. The first-order valence-corrected chi connectivity index (χ1v) is 7.77. The van der Waals surface area contributed by atoms with Gasteiger partial charge in [-0.05, 0) is 31.2 Å². The van der Waals surface area contributed by atoms with Crippen LogP contribution in [0.15, 0.2) is 53.6 Å². The van der Waals surface area contributed by atoms with Crippen molar-refractivity contribution in [3.63, 3.8) is 0 Å². The molecule has 3 aromatic heterocycles. The summed E-state index contributed by atoms with van der Waals surface area (Å²) in [6.45, 7) is 2.62. The zero-order chi connectivity index (χ0) is 16.9. The van der Waals surface area contributed by atoms with E-state index in [1.165, 1.54) is 6.07 Å². The molecule has 6 heteroatoms. The highest BCUT2D eigenvalue weighted by atomic mass is 16.1. The van der Waals surface area contributed by atoms with Crippen LogP contribution in [0.2, 0.25) is 0 Å². The van der Waals surface area contributed by atoms with E-state index < -0.39 is 0 Å². The summed E-state index contributed by atoms with van der Waals surface area (Å²) in [6, 6.07) is 11.2. The smallest absolute Gasteiger partial charge is 0.251 e. The van der Waals surface area contributed by atoms with Crippen molar-refractivity contribution < 1.29 is 0 Å². The number of nitrogens with zero attached hydrogens (tertiary/aromatic N) is 4. The van der Waals surface area contributed by atoms with E-state index in [-0.39, 0.29) is 5.56 Å². The summed E-state index contributed by atoms with van der Waals surface area (Å²) in [5.41, 5.74) is 2.37. The van der Waals surface area contributed by atoms with Gasteiger partial charge in [0.2, 0.25) is 0 Å². The second-order valence-corrected chi connectivity index (χ2v) is 5.63. The molecule has 0 aromatic carbocycles. The Morgan fingerprint density at radius 3 is 2.71 bits per heavy atom. The molecule has 0 bridgehead atoms. The van der Waals surface area contributed by atoms with Crippen LogP contribution in [0.3, 0.4) is 0 Å². The maximum Gasteiger partial charge on any atom is 0.251 e. The standard InChI is InChI=1S/C18H19N5O/c1-13-11-17(24)22-18(21-13)14-6-7-16(20-12-14)23(2)10-8-15-5-3-4-9-19-15/h3-7,9,11-12H,8,10H2,1-2H3,(H,21,22,24). The van der Waals surface area contributed by atoms with Crippen molar-refractivity contribution in [3.8, 4) is 11.4 Å². The van der Waals surface area contributed by atoms with Crippen LogP contribution in [0.1, 0.15) is 11.4 Å². The van der Waals surface area contributed by atoms with Crippen LogP contribution in [0.5, 0.6) is 0 Å². The van der Waals surface area contributed by atoms with E-state index in [9.17, 15) is 4.79 Å². The molecule has 0 aliphatic heterocycles. The van der Waals surface area contributed by atoms with E-state index in [1.54, 1.807) is 19.3 Å². The SMILES string of the molecule is Cc1cc(=O)[nH]c(-c2ccc(N(C)CCc3ccccn3)nc2)n1.